The van der Waals surface area contributed by atoms with Crippen LogP contribution < -0.4 is 10.6 Å². The fourth-order valence-corrected chi connectivity index (χ4v) is 4.64. The number of benzene rings is 2. The van der Waals surface area contributed by atoms with Gasteiger partial charge in [-0.3, -0.25) is 14.6 Å². The van der Waals surface area contributed by atoms with Crippen LogP contribution in [0.5, 0.6) is 0 Å². The van der Waals surface area contributed by atoms with Gasteiger partial charge in [-0.1, -0.05) is 25.1 Å². The predicted molar refractivity (Wildman–Crippen MR) is 153 cm³/mol. The van der Waals surface area contributed by atoms with E-state index in [0.29, 0.717) is 54.3 Å². The highest BCUT2D eigenvalue weighted by Crippen LogP contribution is 2.20. The van der Waals surface area contributed by atoms with Crippen LogP contribution in [0.25, 0.3) is 0 Å². The van der Waals surface area contributed by atoms with Crippen LogP contribution in [0.2, 0.25) is 0 Å². The highest BCUT2D eigenvalue weighted by molar-refractivity contribution is 6.01. The summed E-state index contributed by atoms with van der Waals surface area (Å²) in [6.07, 6.45) is 2.39. The van der Waals surface area contributed by atoms with Crippen molar-refractivity contribution in [3.05, 3.63) is 94.2 Å². The molecule has 2 heterocycles. The van der Waals surface area contributed by atoms with E-state index in [9.17, 15) is 19.5 Å². The van der Waals surface area contributed by atoms with Gasteiger partial charge in [0.05, 0.1) is 13.2 Å². The summed E-state index contributed by atoms with van der Waals surface area (Å²) >= 11 is 0. The van der Waals surface area contributed by atoms with E-state index in [1.54, 1.807) is 25.3 Å². The molecule has 0 aliphatic carbocycles. The maximum Gasteiger partial charge on any atom is 0.326 e. The lowest BCUT2D eigenvalue weighted by molar-refractivity contribution is -0.139. The highest BCUT2D eigenvalue weighted by atomic mass is 16.5. The molecule has 9 nitrogen and oxygen atoms in total. The van der Waals surface area contributed by atoms with Gasteiger partial charge in [0.25, 0.3) is 5.91 Å². The zero-order chi connectivity index (χ0) is 28.6. The topological polar surface area (TPSA) is 130 Å². The number of ether oxygens (including phenoxy) is 1. The number of nitrogens with one attached hydrogen (secondary N) is 2. The van der Waals surface area contributed by atoms with Crippen LogP contribution >= 0.6 is 0 Å². The molecule has 40 heavy (non-hydrogen) atoms. The molecule has 4 rings (SSSR count). The number of anilines is 1. The monoisotopic (exact) mass is 542 g/mol. The summed E-state index contributed by atoms with van der Waals surface area (Å²) in [6.45, 7) is 6.98. The van der Waals surface area contributed by atoms with Crippen LogP contribution in [-0.4, -0.2) is 59.4 Å². The first kappa shape index (κ1) is 28.5. The van der Waals surface area contributed by atoms with E-state index < -0.39 is 17.9 Å². The Morgan fingerprint density at radius 2 is 1.90 bits per heavy atom. The molecule has 2 atom stereocenters. The second-order valence-electron chi connectivity index (χ2n) is 9.92. The Morgan fingerprint density at radius 3 is 2.50 bits per heavy atom. The fourth-order valence-electron chi connectivity index (χ4n) is 4.64. The van der Waals surface area contributed by atoms with Crippen molar-refractivity contribution in [3.8, 4) is 0 Å². The van der Waals surface area contributed by atoms with Crippen LogP contribution in [0.15, 0.2) is 65.8 Å². The van der Waals surface area contributed by atoms with Crippen molar-refractivity contribution in [1.82, 2.24) is 10.3 Å². The molecule has 1 aliphatic heterocycles. The molecule has 0 spiro atoms. The molecule has 2 aromatic carbocycles. The van der Waals surface area contributed by atoms with Gasteiger partial charge in [-0.15, -0.1) is 0 Å². The summed E-state index contributed by atoms with van der Waals surface area (Å²) in [4.78, 5) is 45.9. The summed E-state index contributed by atoms with van der Waals surface area (Å²) in [6, 6.07) is 15.3. The Labute approximate surface area is 233 Å². The summed E-state index contributed by atoms with van der Waals surface area (Å²) in [5, 5.41) is 15.8. The quantitative estimate of drug-likeness (QED) is 0.311. The Bertz CT molecular complexity index is 1400. The van der Waals surface area contributed by atoms with E-state index in [1.165, 1.54) is 6.92 Å². The number of aromatic nitrogens is 1. The van der Waals surface area contributed by atoms with E-state index >= 15 is 0 Å². The SMILES string of the molecule is CCc1cc(C(C)=O)cc(C)c1C(=O)NC(Cc1ccc(C2=NCC(CNc3ccccn3)CO2)cc1)C(=O)O. The predicted octanol–water partition coefficient (Wildman–Crippen LogP) is 4.09. The smallest absolute Gasteiger partial charge is 0.326 e. The lowest BCUT2D eigenvalue weighted by Gasteiger charge is -2.23. The second kappa shape index (κ2) is 13.0. The van der Waals surface area contributed by atoms with Crippen LogP contribution in [0, 0.1) is 12.8 Å². The third-order valence-electron chi connectivity index (χ3n) is 6.86. The third kappa shape index (κ3) is 7.11. The fraction of sp³-hybridized carbons (Fsp3) is 0.323. The van der Waals surface area contributed by atoms with Gasteiger partial charge in [-0.05, 0) is 73.4 Å². The van der Waals surface area contributed by atoms with Crippen LogP contribution in [0.4, 0.5) is 5.82 Å². The van der Waals surface area contributed by atoms with Gasteiger partial charge in [0.1, 0.15) is 11.9 Å². The molecular formula is C31H34N4O5. The van der Waals surface area contributed by atoms with Crippen molar-refractivity contribution < 1.29 is 24.2 Å². The Morgan fingerprint density at radius 1 is 1.12 bits per heavy atom. The van der Waals surface area contributed by atoms with Crippen molar-refractivity contribution in [1.29, 1.82) is 0 Å². The van der Waals surface area contributed by atoms with Gasteiger partial charge in [-0.2, -0.15) is 0 Å². The number of carboxylic acid groups (broad SMARTS) is 1. The van der Waals surface area contributed by atoms with Gasteiger partial charge in [0.2, 0.25) is 5.90 Å². The minimum Gasteiger partial charge on any atom is -0.480 e. The number of carboxylic acids is 1. The largest absolute Gasteiger partial charge is 0.480 e. The minimum absolute atomic E-state index is 0.0846. The number of aliphatic carboxylic acids is 1. The number of ketones is 1. The normalized spacial score (nSPS) is 15.4. The lowest BCUT2D eigenvalue weighted by atomic mass is 9.94. The summed E-state index contributed by atoms with van der Waals surface area (Å²) in [5.41, 5.74) is 3.85. The molecule has 0 saturated carbocycles. The van der Waals surface area contributed by atoms with Crippen molar-refractivity contribution in [2.45, 2.75) is 39.7 Å². The molecule has 1 aromatic heterocycles. The molecule has 0 saturated heterocycles. The molecule has 3 aromatic rings. The highest BCUT2D eigenvalue weighted by Gasteiger charge is 2.24. The van der Waals surface area contributed by atoms with Crippen LogP contribution in [-0.2, 0) is 22.4 Å². The maximum absolute atomic E-state index is 13.1. The van der Waals surface area contributed by atoms with Gasteiger partial charge in [-0.25, -0.2) is 9.78 Å². The van der Waals surface area contributed by atoms with Crippen LogP contribution in [0.1, 0.15) is 56.8 Å². The van der Waals surface area contributed by atoms with Gasteiger partial charge >= 0.3 is 5.97 Å². The van der Waals surface area contributed by atoms with Crippen molar-refractivity contribution in [3.63, 3.8) is 0 Å². The molecule has 1 aliphatic rings. The Balaban J connectivity index is 1.38. The van der Waals surface area contributed by atoms with E-state index in [-0.39, 0.29) is 18.1 Å². The molecule has 9 heteroatoms. The summed E-state index contributed by atoms with van der Waals surface area (Å²) in [5.74, 6) is -0.0840. The number of carbonyl (C=O) groups is 3. The second-order valence-corrected chi connectivity index (χ2v) is 9.92. The third-order valence-corrected chi connectivity index (χ3v) is 6.86. The number of aryl methyl sites for hydroxylation is 2. The average molecular weight is 543 g/mol. The molecule has 0 bridgehead atoms. The molecule has 208 valence electrons. The van der Waals surface area contributed by atoms with Gasteiger partial charge in [0, 0.05) is 41.8 Å². The van der Waals surface area contributed by atoms with Crippen molar-refractivity contribution in [2.75, 3.05) is 25.0 Å². The molecule has 0 fully saturated rings. The Kier molecular flexibility index (Phi) is 9.27. The van der Waals surface area contributed by atoms with Crippen molar-refractivity contribution in [2.24, 2.45) is 10.9 Å². The first-order chi connectivity index (χ1) is 19.2. The molecular weight excluding hydrogens is 508 g/mol. The van der Waals surface area contributed by atoms with E-state index in [1.807, 2.05) is 49.4 Å². The number of Topliss-reactive ketones (excluding diaryl/α,β-unsaturated/α-hetero) is 1. The summed E-state index contributed by atoms with van der Waals surface area (Å²) < 4.78 is 5.90. The number of aliphatic imine (C=N–C) groups is 1. The summed E-state index contributed by atoms with van der Waals surface area (Å²) in [7, 11) is 0. The first-order valence-electron chi connectivity index (χ1n) is 13.3. The molecule has 1 amide bonds. The van der Waals surface area contributed by atoms with E-state index in [0.717, 1.165) is 16.9 Å². The molecule has 2 unspecified atom stereocenters. The number of pyridine rings is 1. The van der Waals surface area contributed by atoms with Crippen LogP contribution in [0.3, 0.4) is 0 Å². The van der Waals surface area contributed by atoms with Gasteiger partial charge in [0.15, 0.2) is 5.78 Å². The average Bonchev–Trinajstić information content (AvgIpc) is 2.96. The number of amides is 1. The van der Waals surface area contributed by atoms with Crippen molar-refractivity contribution >= 4 is 29.4 Å². The van der Waals surface area contributed by atoms with E-state index in [2.05, 4.69) is 20.6 Å². The first-order valence-corrected chi connectivity index (χ1v) is 13.3. The number of carbonyl (C=O) groups excluding carboxylic acids is 2. The van der Waals surface area contributed by atoms with Gasteiger partial charge < -0.3 is 20.5 Å². The Hall–Kier alpha value is -4.53. The lowest BCUT2D eigenvalue weighted by Crippen LogP contribution is -2.42. The number of nitrogens with zero attached hydrogens (tertiary/aromatic N) is 2. The number of rotatable bonds is 11. The maximum atomic E-state index is 13.1. The number of hydrogen-bond donors (Lipinski definition) is 3. The standard InChI is InChI=1S/C31H34N4O5/c1-4-23-15-25(20(3)36)13-19(2)28(23)29(37)35-26(31(38)39)14-21-8-10-24(11-9-21)30-34-17-22(18-40-30)16-33-27-7-5-6-12-32-27/h5-13,15,22,26H,4,14,16-18H2,1-3H3,(H,32,33)(H,35,37)(H,38,39). The minimum atomic E-state index is -1.13. The zero-order valence-electron chi connectivity index (χ0n) is 22.9. The molecule has 0 radical (unpaired) electrons. The zero-order valence-corrected chi connectivity index (χ0v) is 22.9. The number of hydrogen-bond acceptors (Lipinski definition) is 7. The molecule has 3 N–H and O–H groups in total. The van der Waals surface area contributed by atoms with E-state index in [4.69, 9.17) is 4.74 Å².